The first-order valence-electron chi connectivity index (χ1n) is 15.8. The van der Waals surface area contributed by atoms with E-state index in [2.05, 4.69) is 36.6 Å². The number of amides is 3. The summed E-state index contributed by atoms with van der Waals surface area (Å²) < 4.78 is 15.5. The molecular formula is C34H35N9O4S. The molecule has 4 heterocycles. The van der Waals surface area contributed by atoms with E-state index < -0.39 is 5.91 Å². The standard InChI is InChI=1S/C34H35N9O4S/c1-41-21-26(18-29(41)33(45)36-12-11-31(35)43-13-15-48-16-14-43)38-34(46)30-19-25(20-42(30)2)37-32(44)24-8-5-22(6-9-24)3-4-23-7-10-27-28(17-23)40-47-39-27/h3-10,17-21,35H,11-16H2,1-2H3,(H,36,45)(H,37,44)(H,38,46)/b4-3?,35-31+. The third kappa shape index (κ3) is 7.66. The van der Waals surface area contributed by atoms with Crippen molar-refractivity contribution in [2.75, 3.05) is 41.8 Å². The maximum absolute atomic E-state index is 13.2. The van der Waals surface area contributed by atoms with E-state index in [1.807, 2.05) is 54.2 Å². The average molecular weight is 666 g/mol. The molecule has 48 heavy (non-hydrogen) atoms. The fourth-order valence-corrected chi connectivity index (χ4v) is 6.22. The van der Waals surface area contributed by atoms with Crippen LogP contribution in [0.5, 0.6) is 0 Å². The summed E-state index contributed by atoms with van der Waals surface area (Å²) in [5, 5.41) is 19.9. The van der Waals surface area contributed by atoms with E-state index in [1.54, 1.807) is 59.9 Å². The Labute approximate surface area is 282 Å². The molecule has 1 fully saturated rings. The minimum atomic E-state index is -0.397. The topological polar surface area (TPSA) is 163 Å². The largest absolute Gasteiger partial charge is 0.359 e. The summed E-state index contributed by atoms with van der Waals surface area (Å²) in [4.78, 5) is 41.1. The summed E-state index contributed by atoms with van der Waals surface area (Å²) in [6.45, 7) is 2.04. The van der Waals surface area contributed by atoms with Crippen molar-refractivity contribution in [1.29, 1.82) is 5.40 Å². The van der Waals surface area contributed by atoms with Crippen LogP contribution in [-0.2, 0) is 14.1 Å². The number of anilines is 2. The summed E-state index contributed by atoms with van der Waals surface area (Å²) in [6.07, 6.45) is 7.65. The van der Waals surface area contributed by atoms with E-state index in [4.69, 9.17) is 6.04 Å². The summed E-state index contributed by atoms with van der Waals surface area (Å²) >= 11 is 1.88. The van der Waals surface area contributed by atoms with E-state index >= 15 is 0 Å². The lowest BCUT2D eigenvalue weighted by molar-refractivity contribution is 0.0944. The molecule has 1 aliphatic rings. The zero-order valence-corrected chi connectivity index (χ0v) is 27.3. The number of amidine groups is 1. The third-order valence-electron chi connectivity index (χ3n) is 7.92. The molecule has 4 N–H and O–H groups in total. The molecule has 13 nitrogen and oxygen atoms in total. The second kappa shape index (κ2) is 14.4. The first-order valence-corrected chi connectivity index (χ1v) is 16.5. The van der Waals surface area contributed by atoms with Gasteiger partial charge in [-0.2, -0.15) is 11.8 Å². The molecular weight excluding hydrogens is 631 g/mol. The fraction of sp³-hybridized carbons (Fsp3) is 0.235. The molecule has 2 aromatic carbocycles. The summed E-state index contributed by atoms with van der Waals surface area (Å²) in [5.41, 5.74) is 5.30. The van der Waals surface area contributed by atoms with Crippen molar-refractivity contribution < 1.29 is 20.4 Å². The number of nitrogens with one attached hydrogen (secondary N) is 4. The van der Waals surface area contributed by atoms with Gasteiger partial charge in [-0.15, -0.1) is 0 Å². The number of hydrogen-bond donors (Lipinski definition) is 4. The second-order valence-electron chi connectivity index (χ2n) is 11.3. The van der Waals surface area contributed by atoms with Gasteiger partial charge in [0.1, 0.15) is 22.4 Å². The molecule has 3 aromatic heterocycles. The van der Waals surface area contributed by atoms with E-state index in [1.165, 1.54) is 0 Å². The van der Waals surface area contributed by atoms with Gasteiger partial charge in [-0.3, -0.25) is 19.8 Å². The van der Waals surface area contributed by atoms with Gasteiger partial charge in [-0.25, -0.2) is 4.63 Å². The lowest BCUT2D eigenvalue weighted by atomic mass is 10.1. The number of nitrogens with zero attached hydrogens (tertiary/aromatic N) is 5. The molecule has 3 amide bonds. The zero-order chi connectivity index (χ0) is 34.3. The number of thioether (sulfide) groups is 1. The van der Waals surface area contributed by atoms with Crippen LogP contribution in [0, 0.1) is 5.40 Å². The lowest BCUT2D eigenvalue weighted by Crippen LogP contribution is -2.39. The molecule has 1 aliphatic heterocycles. The Morgan fingerprint density at radius 1 is 0.854 bits per heavy atom. The SMILES string of the molecule is [H]/N=C(\CCNC(=O)c1cc(NC(=O)c2cc(NC(=O)c3ccc(C=Cc4ccc5nonc5c4)cc3)cn2C)cn1C)N1CCSCC1. The van der Waals surface area contributed by atoms with Gasteiger partial charge in [0.25, 0.3) is 17.7 Å². The van der Waals surface area contributed by atoms with Crippen molar-refractivity contribution in [1.82, 2.24) is 29.7 Å². The predicted octanol–water partition coefficient (Wildman–Crippen LogP) is 4.72. The molecule has 1 saturated heterocycles. The average Bonchev–Trinajstić information content (AvgIpc) is 3.83. The summed E-state index contributed by atoms with van der Waals surface area (Å²) in [6, 6.07) is 16.0. The zero-order valence-electron chi connectivity index (χ0n) is 27.5. The van der Waals surface area contributed by atoms with Gasteiger partial charge in [-0.1, -0.05) is 30.4 Å². The van der Waals surface area contributed by atoms with Crippen LogP contribution in [0.4, 0.5) is 11.4 Å². The van der Waals surface area contributed by atoms with Crippen molar-refractivity contribution in [2.45, 2.75) is 6.42 Å². The molecule has 0 unspecified atom stereocenters. The van der Waals surface area contributed by atoms with E-state index in [0.717, 1.165) is 35.7 Å². The van der Waals surface area contributed by atoms with Gasteiger partial charge in [0.15, 0.2) is 1.41 Å². The van der Waals surface area contributed by atoms with Gasteiger partial charge < -0.3 is 30.0 Å². The quantitative estimate of drug-likeness (QED) is 0.0946. The maximum Gasteiger partial charge on any atom is 0.272 e. The molecule has 0 saturated carbocycles. The smallest absolute Gasteiger partial charge is 0.272 e. The highest BCUT2D eigenvalue weighted by molar-refractivity contribution is 7.99. The number of benzene rings is 2. The molecule has 14 heteroatoms. The molecule has 0 bridgehead atoms. The lowest BCUT2D eigenvalue weighted by Gasteiger charge is -2.28. The highest BCUT2D eigenvalue weighted by atomic mass is 32.2. The predicted molar refractivity (Wildman–Crippen MR) is 187 cm³/mol. The first kappa shape index (κ1) is 31.0. The number of aromatic nitrogens is 4. The van der Waals surface area contributed by atoms with Crippen LogP contribution in [0.15, 0.2) is 71.6 Å². The number of carbonyl (C=O) groups is 3. The van der Waals surface area contributed by atoms with Gasteiger partial charge >= 0.3 is 0 Å². The number of carbonyl (C=O) groups excluding carboxylic acids is 3. The van der Waals surface area contributed by atoms with E-state index in [-0.39, 0.29) is 11.8 Å². The third-order valence-corrected chi connectivity index (χ3v) is 8.86. The highest BCUT2D eigenvalue weighted by Gasteiger charge is 2.18. The molecule has 0 atom stereocenters. The Kier molecular flexibility index (Phi) is 9.31. The Bertz CT molecular complexity index is 2040. The number of aryl methyl sites for hydroxylation is 2. The second-order valence-corrected chi connectivity index (χ2v) is 12.6. The minimum absolute atomic E-state index is 0.294. The molecule has 0 spiro atoms. The first-order chi connectivity index (χ1) is 23.8. The number of rotatable bonds is 10. The van der Waals surface area contributed by atoms with Gasteiger partial charge in [-0.05, 0) is 57.8 Å². The van der Waals surface area contributed by atoms with Crippen molar-refractivity contribution >= 4 is 69.9 Å². The number of fused-ring (bicyclic) bond motifs is 1. The molecule has 6 rings (SSSR count). The van der Waals surface area contributed by atoms with Crippen LogP contribution in [0.3, 0.4) is 0 Å². The van der Waals surface area contributed by atoms with Crippen LogP contribution < -0.4 is 16.0 Å². The minimum Gasteiger partial charge on any atom is -0.359 e. The molecule has 0 radical (unpaired) electrons. The Morgan fingerprint density at radius 3 is 2.19 bits per heavy atom. The highest BCUT2D eigenvalue weighted by Crippen LogP contribution is 2.19. The van der Waals surface area contributed by atoms with Crippen LogP contribution >= 0.6 is 11.8 Å². The van der Waals surface area contributed by atoms with Crippen molar-refractivity contribution in [3.8, 4) is 0 Å². The van der Waals surface area contributed by atoms with Crippen LogP contribution in [-0.4, -0.2) is 79.0 Å². The van der Waals surface area contributed by atoms with Gasteiger partial charge in [0.05, 0.1) is 17.2 Å². The Morgan fingerprint density at radius 2 is 1.48 bits per heavy atom. The Hall–Kier alpha value is -5.63. The van der Waals surface area contributed by atoms with Gasteiger partial charge in [0, 0.05) is 69.6 Å². The van der Waals surface area contributed by atoms with Crippen molar-refractivity contribution in [2.24, 2.45) is 14.1 Å². The molecule has 246 valence electrons. The number of hydrogen-bond acceptors (Lipinski definition) is 8. The van der Waals surface area contributed by atoms with Crippen LogP contribution in [0.2, 0.25) is 1.41 Å². The maximum atomic E-state index is 13.2. The van der Waals surface area contributed by atoms with Crippen LogP contribution in [0.25, 0.3) is 23.2 Å². The van der Waals surface area contributed by atoms with E-state index in [0.29, 0.717) is 58.2 Å². The molecule has 5 aromatic rings. The molecule has 0 aliphatic carbocycles. The fourth-order valence-electron chi connectivity index (χ4n) is 5.31. The van der Waals surface area contributed by atoms with Crippen LogP contribution in [0.1, 0.15) is 48.9 Å². The van der Waals surface area contributed by atoms with E-state index in [9.17, 15) is 14.4 Å². The van der Waals surface area contributed by atoms with Crippen molar-refractivity contribution in [3.63, 3.8) is 0 Å². The monoisotopic (exact) mass is 665 g/mol. The van der Waals surface area contributed by atoms with Crippen molar-refractivity contribution in [3.05, 3.63) is 95.1 Å². The summed E-state index contributed by atoms with van der Waals surface area (Å²) in [5.74, 6) is 1.66. The summed E-state index contributed by atoms with van der Waals surface area (Å²) in [7, 11) is 3.44. The Balaban J connectivity index is 1.01. The van der Waals surface area contributed by atoms with Gasteiger partial charge in [0.2, 0.25) is 0 Å². The normalized spacial score (nSPS) is 13.9.